The number of nitrogens with one attached hydrogen (secondary N) is 1. The smallest absolute Gasteiger partial charge is 0.407 e. The maximum absolute atomic E-state index is 12.1. The molecule has 4 aliphatic rings. The Morgan fingerprint density at radius 2 is 1.77 bits per heavy atom. The number of likely N-dealkylation sites (tertiary alicyclic amines) is 1. The number of carbonyl (C=O) groups is 1. The van der Waals surface area contributed by atoms with Gasteiger partial charge in [0.25, 0.3) is 0 Å². The maximum Gasteiger partial charge on any atom is 0.407 e. The van der Waals surface area contributed by atoms with Gasteiger partial charge in [0.1, 0.15) is 5.60 Å². The van der Waals surface area contributed by atoms with Crippen molar-refractivity contribution >= 4 is 11.8 Å². The zero-order valence-corrected chi connectivity index (χ0v) is 22.4. The Morgan fingerprint density at radius 1 is 0.971 bits per heavy atom. The van der Waals surface area contributed by atoms with E-state index < -0.39 is 5.60 Å². The molecule has 1 aromatic carbocycles. The molecule has 3 aliphatic heterocycles. The second kappa shape index (κ2) is 10.3. The molecule has 1 aliphatic carbocycles. The normalized spacial score (nSPS) is 30.3. The van der Waals surface area contributed by atoms with E-state index in [9.17, 15) is 4.79 Å². The van der Waals surface area contributed by atoms with Crippen molar-refractivity contribution in [3.05, 3.63) is 29.3 Å². The highest BCUT2D eigenvalue weighted by Crippen LogP contribution is 2.33. The molecular weight excluding hydrogens is 436 g/mol. The highest BCUT2D eigenvalue weighted by molar-refractivity contribution is 5.68. The SMILES string of the molecule is CC1CCCN1C1CCN(c2ccc3c(c2)CCN(C2CCC(NC(=O)OC(C)(C)C)CC2)C3)C1. The molecule has 1 N–H and O–H groups in total. The molecule has 0 aromatic heterocycles. The number of amides is 1. The summed E-state index contributed by atoms with van der Waals surface area (Å²) in [6.45, 7) is 14.0. The van der Waals surface area contributed by atoms with Crippen LogP contribution in [0.1, 0.15) is 83.8 Å². The Kier molecular flexibility index (Phi) is 7.32. The van der Waals surface area contributed by atoms with E-state index in [2.05, 4.69) is 45.1 Å². The molecule has 2 saturated heterocycles. The van der Waals surface area contributed by atoms with Gasteiger partial charge in [0, 0.05) is 56.0 Å². The predicted molar refractivity (Wildman–Crippen MR) is 142 cm³/mol. The molecule has 0 radical (unpaired) electrons. The number of fused-ring (bicyclic) bond motifs is 1. The van der Waals surface area contributed by atoms with E-state index in [1.54, 1.807) is 5.56 Å². The molecule has 3 heterocycles. The summed E-state index contributed by atoms with van der Waals surface area (Å²) in [4.78, 5) is 20.2. The molecule has 1 saturated carbocycles. The Bertz CT molecular complexity index is 889. The lowest BCUT2D eigenvalue weighted by Gasteiger charge is -2.40. The fourth-order valence-corrected chi connectivity index (χ4v) is 6.87. The van der Waals surface area contributed by atoms with E-state index >= 15 is 0 Å². The summed E-state index contributed by atoms with van der Waals surface area (Å²) in [5.41, 5.74) is 4.06. The highest BCUT2D eigenvalue weighted by Gasteiger charge is 2.34. The summed E-state index contributed by atoms with van der Waals surface area (Å²) in [6, 6.07) is 9.63. The minimum Gasteiger partial charge on any atom is -0.444 e. The van der Waals surface area contributed by atoms with Crippen LogP contribution >= 0.6 is 0 Å². The molecule has 6 nitrogen and oxygen atoms in total. The molecule has 1 aromatic rings. The number of hydrogen-bond donors (Lipinski definition) is 1. The summed E-state index contributed by atoms with van der Waals surface area (Å²) in [5, 5.41) is 3.08. The molecule has 3 fully saturated rings. The van der Waals surface area contributed by atoms with Gasteiger partial charge in [-0.2, -0.15) is 0 Å². The second-order valence-electron chi connectivity index (χ2n) is 12.4. The number of benzene rings is 1. The molecule has 2 unspecified atom stereocenters. The Balaban J connectivity index is 1.11. The summed E-state index contributed by atoms with van der Waals surface area (Å²) < 4.78 is 5.44. The van der Waals surface area contributed by atoms with Gasteiger partial charge in [-0.25, -0.2) is 4.79 Å². The summed E-state index contributed by atoms with van der Waals surface area (Å²) in [7, 11) is 0. The lowest BCUT2D eigenvalue weighted by Crippen LogP contribution is -2.46. The number of alkyl carbamates (subject to hydrolysis) is 1. The molecule has 0 bridgehead atoms. The molecule has 194 valence electrons. The van der Waals surface area contributed by atoms with Crippen molar-refractivity contribution in [2.75, 3.05) is 31.1 Å². The third-order valence-electron chi connectivity index (χ3n) is 8.77. The van der Waals surface area contributed by atoms with Gasteiger partial charge in [-0.15, -0.1) is 0 Å². The zero-order chi connectivity index (χ0) is 24.6. The van der Waals surface area contributed by atoms with Crippen LogP contribution in [0.25, 0.3) is 0 Å². The zero-order valence-electron chi connectivity index (χ0n) is 22.4. The number of nitrogens with zero attached hydrogens (tertiary/aromatic N) is 3. The van der Waals surface area contributed by atoms with Crippen LogP contribution < -0.4 is 10.2 Å². The minimum absolute atomic E-state index is 0.244. The lowest BCUT2D eigenvalue weighted by atomic mass is 9.88. The molecule has 1 amide bonds. The second-order valence-corrected chi connectivity index (χ2v) is 12.4. The summed E-state index contributed by atoms with van der Waals surface area (Å²) in [5.74, 6) is 0. The molecule has 35 heavy (non-hydrogen) atoms. The number of rotatable bonds is 4. The first-order valence-electron chi connectivity index (χ1n) is 14.1. The van der Waals surface area contributed by atoms with Crippen LogP contribution in [0.5, 0.6) is 0 Å². The standard InChI is InChI=1S/C29H46N4O2/c1-21-6-5-15-33(21)27-14-17-32(20-27)26-10-7-23-19-31(16-13-22(23)18-26)25-11-8-24(9-12-25)30-28(34)35-29(2,3)4/h7,10,18,21,24-25,27H,5-6,8-9,11-17,19-20H2,1-4H3,(H,30,34). The van der Waals surface area contributed by atoms with Gasteiger partial charge in [0.15, 0.2) is 0 Å². The quantitative estimate of drug-likeness (QED) is 0.658. The summed E-state index contributed by atoms with van der Waals surface area (Å²) >= 11 is 0. The van der Waals surface area contributed by atoms with Crippen molar-refractivity contribution in [1.82, 2.24) is 15.1 Å². The van der Waals surface area contributed by atoms with Crippen LogP contribution in [0.4, 0.5) is 10.5 Å². The van der Waals surface area contributed by atoms with Crippen molar-refractivity contribution in [2.45, 2.75) is 115 Å². The monoisotopic (exact) mass is 482 g/mol. The van der Waals surface area contributed by atoms with Crippen LogP contribution in [0.3, 0.4) is 0 Å². The largest absolute Gasteiger partial charge is 0.444 e. The van der Waals surface area contributed by atoms with Crippen LogP contribution in [0.15, 0.2) is 18.2 Å². The Labute approximate surface area is 212 Å². The van der Waals surface area contributed by atoms with E-state index in [4.69, 9.17) is 4.74 Å². The maximum atomic E-state index is 12.1. The van der Waals surface area contributed by atoms with Gasteiger partial charge in [0.2, 0.25) is 0 Å². The van der Waals surface area contributed by atoms with Gasteiger partial charge in [-0.05, 0) is 109 Å². The molecule has 2 atom stereocenters. The van der Waals surface area contributed by atoms with Crippen LogP contribution in [-0.4, -0.2) is 71.8 Å². The fraction of sp³-hybridized carbons (Fsp3) is 0.759. The molecule has 6 heteroatoms. The average Bonchev–Trinajstić information content (AvgIpc) is 3.46. The molecular formula is C29H46N4O2. The molecule has 0 spiro atoms. The van der Waals surface area contributed by atoms with Gasteiger partial charge in [-0.1, -0.05) is 6.07 Å². The predicted octanol–water partition coefficient (Wildman–Crippen LogP) is 4.94. The van der Waals surface area contributed by atoms with Crippen LogP contribution in [0.2, 0.25) is 0 Å². The van der Waals surface area contributed by atoms with E-state index in [-0.39, 0.29) is 12.1 Å². The topological polar surface area (TPSA) is 48.0 Å². The van der Waals surface area contributed by atoms with Crippen molar-refractivity contribution < 1.29 is 9.53 Å². The van der Waals surface area contributed by atoms with Gasteiger partial charge in [-0.3, -0.25) is 9.80 Å². The fourth-order valence-electron chi connectivity index (χ4n) is 6.87. The lowest BCUT2D eigenvalue weighted by molar-refractivity contribution is 0.0473. The Hall–Kier alpha value is -1.79. The first-order chi connectivity index (χ1) is 16.7. The third kappa shape index (κ3) is 5.96. The van der Waals surface area contributed by atoms with E-state index in [1.807, 2.05) is 20.8 Å². The first-order valence-corrected chi connectivity index (χ1v) is 14.1. The average molecular weight is 483 g/mol. The highest BCUT2D eigenvalue weighted by atomic mass is 16.6. The first kappa shape index (κ1) is 24.9. The van der Waals surface area contributed by atoms with Crippen molar-refractivity contribution in [3.63, 3.8) is 0 Å². The third-order valence-corrected chi connectivity index (χ3v) is 8.77. The number of anilines is 1. The van der Waals surface area contributed by atoms with Gasteiger partial charge >= 0.3 is 6.09 Å². The van der Waals surface area contributed by atoms with Crippen molar-refractivity contribution in [2.24, 2.45) is 0 Å². The number of hydrogen-bond acceptors (Lipinski definition) is 5. The number of ether oxygens (including phenoxy) is 1. The minimum atomic E-state index is -0.439. The van der Waals surface area contributed by atoms with Crippen LogP contribution in [-0.2, 0) is 17.7 Å². The molecule has 5 rings (SSSR count). The van der Waals surface area contributed by atoms with E-state index in [1.165, 1.54) is 50.1 Å². The van der Waals surface area contributed by atoms with Crippen molar-refractivity contribution in [1.29, 1.82) is 0 Å². The number of carbonyl (C=O) groups excluding carboxylic acids is 1. The van der Waals surface area contributed by atoms with Crippen LogP contribution in [0, 0.1) is 0 Å². The van der Waals surface area contributed by atoms with Crippen molar-refractivity contribution in [3.8, 4) is 0 Å². The van der Waals surface area contributed by atoms with E-state index in [0.717, 1.165) is 57.3 Å². The van der Waals surface area contributed by atoms with Gasteiger partial charge in [0.05, 0.1) is 0 Å². The van der Waals surface area contributed by atoms with E-state index in [0.29, 0.717) is 6.04 Å². The van der Waals surface area contributed by atoms with Gasteiger partial charge < -0.3 is 15.0 Å². The Morgan fingerprint density at radius 3 is 2.49 bits per heavy atom. The summed E-state index contributed by atoms with van der Waals surface area (Å²) in [6.07, 6.45) is 9.30.